The van der Waals surface area contributed by atoms with Crippen molar-refractivity contribution < 1.29 is 4.79 Å². The Labute approximate surface area is 152 Å². The second kappa shape index (κ2) is 6.45. The van der Waals surface area contributed by atoms with Gasteiger partial charge in [-0.2, -0.15) is 9.67 Å². The van der Waals surface area contributed by atoms with Gasteiger partial charge >= 0.3 is 0 Å². The molecule has 4 rings (SSSR count). The predicted octanol–water partition coefficient (Wildman–Crippen LogP) is 2.56. The van der Waals surface area contributed by atoms with Crippen molar-refractivity contribution >= 4 is 45.0 Å². The normalized spacial score (nSPS) is 10.8. The van der Waals surface area contributed by atoms with Crippen LogP contribution in [0.2, 0.25) is 0 Å². The molecule has 0 bridgehead atoms. The number of thiazole rings is 1. The minimum absolute atomic E-state index is 0.140. The number of carbonyl (C=O) groups is 1. The molecule has 1 amide bonds. The Morgan fingerprint density at radius 3 is 2.62 bits per heavy atom. The lowest BCUT2D eigenvalue weighted by molar-refractivity contribution is 0.0963. The number of fused-ring (bicyclic) bond motifs is 1. The summed E-state index contributed by atoms with van der Waals surface area (Å²) in [6.45, 7) is 0. The van der Waals surface area contributed by atoms with Gasteiger partial charge in [0.05, 0.1) is 10.2 Å². The Balaban J connectivity index is 1.59. The highest BCUT2D eigenvalue weighted by molar-refractivity contribution is 7.20. The number of benzene rings is 2. The molecule has 0 saturated heterocycles. The van der Waals surface area contributed by atoms with Crippen LogP contribution in [0.15, 0.2) is 48.5 Å². The van der Waals surface area contributed by atoms with E-state index in [2.05, 4.69) is 25.7 Å². The number of nitrogens with two attached hydrogens (primary N) is 1. The van der Waals surface area contributed by atoms with Crippen molar-refractivity contribution in [3.8, 4) is 5.13 Å². The summed E-state index contributed by atoms with van der Waals surface area (Å²) in [6, 6.07) is 14.8. The Morgan fingerprint density at radius 1 is 1.12 bits per heavy atom. The summed E-state index contributed by atoms with van der Waals surface area (Å²) in [4.78, 5) is 20.3. The zero-order chi connectivity index (χ0) is 18.1. The standard InChI is InChI=1S/C17H15N7OS/c1-19-14(25)10-6-8-11(9-7-10)20-16-22-15(18)24(23-16)17-21-12-4-2-3-5-13(12)26-17/h2-9H,1H3,(H,19,25)(H3,18,20,22,23). The van der Waals surface area contributed by atoms with Crippen molar-refractivity contribution in [3.05, 3.63) is 54.1 Å². The van der Waals surface area contributed by atoms with E-state index in [4.69, 9.17) is 5.73 Å². The lowest BCUT2D eigenvalue weighted by Crippen LogP contribution is -2.17. The van der Waals surface area contributed by atoms with Gasteiger partial charge in [-0.05, 0) is 36.4 Å². The Kier molecular flexibility index (Phi) is 3.98. The number of para-hydroxylation sites is 1. The zero-order valence-electron chi connectivity index (χ0n) is 13.8. The van der Waals surface area contributed by atoms with Crippen LogP contribution in [0.5, 0.6) is 0 Å². The fourth-order valence-corrected chi connectivity index (χ4v) is 3.37. The molecule has 0 saturated carbocycles. The van der Waals surface area contributed by atoms with Crippen LogP contribution in [-0.4, -0.2) is 32.7 Å². The number of hydrogen-bond donors (Lipinski definition) is 3. The molecule has 0 aliphatic carbocycles. The fourth-order valence-electron chi connectivity index (χ4n) is 2.45. The molecule has 0 radical (unpaired) electrons. The summed E-state index contributed by atoms with van der Waals surface area (Å²) in [5.41, 5.74) is 8.21. The average Bonchev–Trinajstić information content (AvgIpc) is 3.24. The highest BCUT2D eigenvalue weighted by Crippen LogP contribution is 2.26. The lowest BCUT2D eigenvalue weighted by Gasteiger charge is -2.03. The monoisotopic (exact) mass is 365 g/mol. The number of carbonyl (C=O) groups excluding carboxylic acids is 1. The van der Waals surface area contributed by atoms with Crippen molar-refractivity contribution in [3.63, 3.8) is 0 Å². The largest absolute Gasteiger partial charge is 0.368 e. The molecule has 2 heterocycles. The third-order valence-corrected chi connectivity index (χ3v) is 4.74. The van der Waals surface area contributed by atoms with E-state index in [0.29, 0.717) is 16.6 Å². The Morgan fingerprint density at radius 2 is 1.88 bits per heavy atom. The quantitative estimate of drug-likeness (QED) is 0.513. The van der Waals surface area contributed by atoms with Gasteiger partial charge in [0, 0.05) is 18.3 Å². The topological polar surface area (TPSA) is 111 Å². The van der Waals surface area contributed by atoms with E-state index in [1.165, 1.54) is 16.0 Å². The van der Waals surface area contributed by atoms with Gasteiger partial charge in [-0.3, -0.25) is 4.79 Å². The smallest absolute Gasteiger partial charge is 0.251 e. The number of rotatable bonds is 4. The lowest BCUT2D eigenvalue weighted by atomic mass is 10.2. The van der Waals surface area contributed by atoms with E-state index in [9.17, 15) is 4.79 Å². The molecular formula is C17H15N7OS. The third-order valence-electron chi connectivity index (χ3n) is 3.73. The van der Waals surface area contributed by atoms with E-state index in [1.54, 1.807) is 31.3 Å². The van der Waals surface area contributed by atoms with Crippen LogP contribution in [0.25, 0.3) is 15.3 Å². The maximum atomic E-state index is 11.6. The van der Waals surface area contributed by atoms with Gasteiger partial charge in [0.15, 0.2) is 0 Å². The number of amides is 1. The molecule has 2 aromatic heterocycles. The van der Waals surface area contributed by atoms with Crippen LogP contribution in [0.3, 0.4) is 0 Å². The molecule has 0 aliphatic heterocycles. The number of anilines is 3. The first kappa shape index (κ1) is 16.0. The fraction of sp³-hybridized carbons (Fsp3) is 0.0588. The van der Waals surface area contributed by atoms with Gasteiger partial charge in [0.1, 0.15) is 0 Å². The summed E-state index contributed by atoms with van der Waals surface area (Å²) in [7, 11) is 1.59. The van der Waals surface area contributed by atoms with Crippen LogP contribution in [0, 0.1) is 0 Å². The van der Waals surface area contributed by atoms with E-state index < -0.39 is 0 Å². The van der Waals surface area contributed by atoms with Crippen LogP contribution in [0.4, 0.5) is 17.6 Å². The number of nitrogen functional groups attached to an aromatic ring is 1. The first-order valence-electron chi connectivity index (χ1n) is 7.82. The molecule has 2 aromatic carbocycles. The maximum absolute atomic E-state index is 11.6. The highest BCUT2D eigenvalue weighted by atomic mass is 32.1. The van der Waals surface area contributed by atoms with E-state index >= 15 is 0 Å². The van der Waals surface area contributed by atoms with Crippen molar-refractivity contribution in [2.24, 2.45) is 0 Å². The third kappa shape index (κ3) is 2.95. The van der Waals surface area contributed by atoms with Crippen LogP contribution in [0.1, 0.15) is 10.4 Å². The first-order chi connectivity index (χ1) is 12.6. The molecule has 9 heteroatoms. The Bertz CT molecular complexity index is 1050. The molecule has 8 nitrogen and oxygen atoms in total. The minimum atomic E-state index is -0.140. The summed E-state index contributed by atoms with van der Waals surface area (Å²) in [5, 5.41) is 10.7. The number of nitrogens with zero attached hydrogens (tertiary/aromatic N) is 4. The Hall–Kier alpha value is -3.46. The summed E-state index contributed by atoms with van der Waals surface area (Å²) < 4.78 is 2.56. The number of aromatic nitrogens is 4. The van der Waals surface area contributed by atoms with Gasteiger partial charge in [-0.15, -0.1) is 5.10 Å². The second-order valence-corrected chi connectivity index (χ2v) is 6.46. The van der Waals surface area contributed by atoms with Crippen molar-refractivity contribution in [2.45, 2.75) is 0 Å². The summed E-state index contributed by atoms with van der Waals surface area (Å²) in [6.07, 6.45) is 0. The highest BCUT2D eigenvalue weighted by Gasteiger charge is 2.13. The van der Waals surface area contributed by atoms with Gasteiger partial charge in [-0.1, -0.05) is 23.5 Å². The van der Waals surface area contributed by atoms with Crippen LogP contribution in [-0.2, 0) is 0 Å². The molecule has 0 atom stereocenters. The van der Waals surface area contributed by atoms with E-state index in [1.807, 2.05) is 24.3 Å². The van der Waals surface area contributed by atoms with Crippen LogP contribution < -0.4 is 16.4 Å². The van der Waals surface area contributed by atoms with Gasteiger partial charge in [0.2, 0.25) is 17.0 Å². The number of hydrogen-bond acceptors (Lipinski definition) is 7. The van der Waals surface area contributed by atoms with Gasteiger partial charge in [-0.25, -0.2) is 4.98 Å². The molecule has 0 unspecified atom stereocenters. The van der Waals surface area contributed by atoms with Gasteiger partial charge < -0.3 is 16.4 Å². The van der Waals surface area contributed by atoms with Gasteiger partial charge in [0.25, 0.3) is 5.91 Å². The molecule has 4 aromatic rings. The van der Waals surface area contributed by atoms with E-state index in [0.717, 1.165) is 15.9 Å². The van der Waals surface area contributed by atoms with Crippen molar-refractivity contribution in [1.29, 1.82) is 0 Å². The average molecular weight is 365 g/mol. The molecule has 130 valence electrons. The second-order valence-electron chi connectivity index (χ2n) is 5.45. The maximum Gasteiger partial charge on any atom is 0.251 e. The SMILES string of the molecule is CNC(=O)c1ccc(Nc2nc(N)n(-c3nc4ccccc4s3)n2)cc1. The van der Waals surface area contributed by atoms with E-state index in [-0.39, 0.29) is 11.9 Å². The first-order valence-corrected chi connectivity index (χ1v) is 8.63. The molecule has 0 fully saturated rings. The van der Waals surface area contributed by atoms with Crippen molar-refractivity contribution in [1.82, 2.24) is 25.1 Å². The summed E-state index contributed by atoms with van der Waals surface area (Å²) in [5.74, 6) is 0.460. The minimum Gasteiger partial charge on any atom is -0.368 e. The number of nitrogens with one attached hydrogen (secondary N) is 2. The molecule has 0 spiro atoms. The summed E-state index contributed by atoms with van der Waals surface area (Å²) >= 11 is 1.49. The van der Waals surface area contributed by atoms with Crippen molar-refractivity contribution in [2.75, 3.05) is 18.1 Å². The predicted molar refractivity (Wildman–Crippen MR) is 102 cm³/mol. The molecular weight excluding hydrogens is 350 g/mol. The van der Waals surface area contributed by atoms with Crippen LogP contribution >= 0.6 is 11.3 Å². The molecule has 4 N–H and O–H groups in total. The molecule has 0 aliphatic rings. The molecule has 26 heavy (non-hydrogen) atoms. The zero-order valence-corrected chi connectivity index (χ0v) is 14.6.